The molecule has 3 heterocycles. The van der Waals surface area contributed by atoms with Crippen LogP contribution in [0.15, 0.2) is 48.7 Å². The van der Waals surface area contributed by atoms with E-state index in [2.05, 4.69) is 39.7 Å². The van der Waals surface area contributed by atoms with Gasteiger partial charge in [0.1, 0.15) is 5.75 Å². The van der Waals surface area contributed by atoms with Gasteiger partial charge in [0.2, 0.25) is 0 Å². The zero-order valence-electron chi connectivity index (χ0n) is 19.1. The Kier molecular flexibility index (Phi) is 6.33. The number of nitro groups is 1. The van der Waals surface area contributed by atoms with Crippen LogP contribution in [-0.4, -0.2) is 38.1 Å². The topological polar surface area (TPSA) is 85.5 Å². The van der Waals surface area contributed by atoms with Crippen LogP contribution in [0.5, 0.6) is 5.75 Å². The van der Waals surface area contributed by atoms with E-state index in [0.717, 1.165) is 46.4 Å². The van der Waals surface area contributed by atoms with E-state index in [-0.39, 0.29) is 17.8 Å². The Balaban J connectivity index is 1.85. The summed E-state index contributed by atoms with van der Waals surface area (Å²) in [5.41, 5.74) is 4.84. The lowest BCUT2D eigenvalue weighted by Crippen LogP contribution is -2.30. The minimum Gasteiger partial charge on any atom is -0.494 e. The summed E-state index contributed by atoms with van der Waals surface area (Å²) in [5.74, 6) is 0.448. The van der Waals surface area contributed by atoms with Crippen molar-refractivity contribution in [3.8, 4) is 11.4 Å². The number of hydrogen-bond donors (Lipinski definition) is 1. The maximum atomic E-state index is 11.2. The Hall–Kier alpha value is -3.46. The number of nitrogens with zero attached hydrogens (tertiary/aromatic N) is 4. The number of thiocarbonyl (C=S) groups is 1. The summed E-state index contributed by atoms with van der Waals surface area (Å²) in [6, 6.07) is 12.6. The van der Waals surface area contributed by atoms with Gasteiger partial charge in [0.05, 0.1) is 41.6 Å². The third-order valence-corrected chi connectivity index (χ3v) is 6.42. The molecule has 0 saturated carbocycles. The minimum absolute atomic E-state index is 0.00651. The lowest BCUT2D eigenvalue weighted by Gasteiger charge is -2.28. The van der Waals surface area contributed by atoms with E-state index in [1.54, 1.807) is 12.3 Å². The van der Waals surface area contributed by atoms with Crippen LogP contribution in [-0.2, 0) is 0 Å². The van der Waals surface area contributed by atoms with Crippen molar-refractivity contribution in [1.82, 2.24) is 19.8 Å². The molecule has 8 nitrogen and oxygen atoms in total. The molecule has 33 heavy (non-hydrogen) atoms. The van der Waals surface area contributed by atoms with Crippen molar-refractivity contribution in [1.29, 1.82) is 0 Å². The predicted molar refractivity (Wildman–Crippen MR) is 131 cm³/mol. The Labute approximate surface area is 198 Å². The summed E-state index contributed by atoms with van der Waals surface area (Å²) in [6.45, 7) is 7.05. The van der Waals surface area contributed by atoms with Crippen LogP contribution in [0, 0.1) is 24.0 Å². The van der Waals surface area contributed by atoms with Crippen LogP contribution in [0.4, 0.5) is 5.69 Å². The molecule has 4 rings (SSSR count). The van der Waals surface area contributed by atoms with Crippen molar-refractivity contribution in [3.05, 3.63) is 81.4 Å². The molecule has 2 atom stereocenters. The molecule has 1 N–H and O–H groups in total. The van der Waals surface area contributed by atoms with Gasteiger partial charge in [-0.2, -0.15) is 0 Å². The smallest absolute Gasteiger partial charge is 0.273 e. The van der Waals surface area contributed by atoms with Crippen molar-refractivity contribution in [3.63, 3.8) is 0 Å². The van der Waals surface area contributed by atoms with Gasteiger partial charge in [-0.05, 0) is 62.3 Å². The fraction of sp³-hybridized carbons (Fsp3) is 0.333. The lowest BCUT2D eigenvalue weighted by atomic mass is 9.96. The molecular formula is C24H27N5O3S. The first-order chi connectivity index (χ1) is 15.9. The van der Waals surface area contributed by atoms with Crippen LogP contribution < -0.4 is 10.1 Å². The number of nitro benzene ring substituents is 1. The normalized spacial score (nSPS) is 17.8. The number of ether oxygens (including phenoxy) is 1. The van der Waals surface area contributed by atoms with Crippen LogP contribution in [0.25, 0.3) is 5.69 Å². The number of nitrogens with one attached hydrogen (secondary N) is 1. The molecule has 0 bridgehead atoms. The Bertz CT molecular complexity index is 1190. The van der Waals surface area contributed by atoms with Crippen molar-refractivity contribution >= 4 is 23.0 Å². The molecule has 9 heteroatoms. The minimum atomic E-state index is -0.418. The molecule has 1 saturated heterocycles. The fourth-order valence-corrected chi connectivity index (χ4v) is 4.98. The molecule has 0 aliphatic carbocycles. The number of aromatic nitrogens is 2. The van der Waals surface area contributed by atoms with Crippen LogP contribution in [0.3, 0.4) is 0 Å². The van der Waals surface area contributed by atoms with Gasteiger partial charge in [-0.3, -0.25) is 15.1 Å². The Morgan fingerprint density at radius 2 is 2.03 bits per heavy atom. The number of methoxy groups -OCH3 is 1. The molecule has 1 aromatic carbocycles. The van der Waals surface area contributed by atoms with Gasteiger partial charge in [-0.1, -0.05) is 13.0 Å². The van der Waals surface area contributed by atoms with Crippen LogP contribution >= 0.6 is 12.2 Å². The van der Waals surface area contributed by atoms with Crippen molar-refractivity contribution in [2.75, 3.05) is 13.7 Å². The average molecular weight is 466 g/mol. The molecule has 3 aromatic rings. The van der Waals surface area contributed by atoms with E-state index >= 15 is 0 Å². The van der Waals surface area contributed by atoms with Gasteiger partial charge in [0.25, 0.3) is 5.69 Å². The van der Waals surface area contributed by atoms with Gasteiger partial charge in [0.15, 0.2) is 5.11 Å². The SMILES string of the molecule is CCCN1C(=S)NC(c2ccccn2)C1c1cc(C)n(-c2ccc([N+](=O)[O-])cc2OC)c1C. The van der Waals surface area contributed by atoms with Crippen molar-refractivity contribution in [2.24, 2.45) is 0 Å². The standard InChI is InChI=1S/C24H27N5O3S/c1-5-12-27-23(22(26-24(27)33)19-8-6-7-11-25-19)18-13-15(2)28(16(18)3)20-10-9-17(29(30)31)14-21(20)32-4/h6-11,13-14,22-23H,5,12H2,1-4H3,(H,26,33). The first-order valence-corrected chi connectivity index (χ1v) is 11.3. The number of pyridine rings is 1. The molecule has 1 fully saturated rings. The molecule has 0 radical (unpaired) electrons. The quantitative estimate of drug-likeness (QED) is 0.305. The molecular weight excluding hydrogens is 438 g/mol. The second-order valence-electron chi connectivity index (χ2n) is 8.10. The third kappa shape index (κ3) is 4.04. The van der Waals surface area contributed by atoms with Crippen LogP contribution in [0.1, 0.15) is 48.1 Å². The van der Waals surface area contributed by atoms with Gasteiger partial charge >= 0.3 is 0 Å². The summed E-state index contributed by atoms with van der Waals surface area (Å²) in [6.07, 6.45) is 2.76. The van der Waals surface area contributed by atoms with E-state index in [9.17, 15) is 10.1 Å². The molecule has 1 aliphatic rings. The summed E-state index contributed by atoms with van der Waals surface area (Å²) >= 11 is 5.71. The first-order valence-electron chi connectivity index (χ1n) is 10.9. The van der Waals surface area contributed by atoms with Crippen LogP contribution in [0.2, 0.25) is 0 Å². The molecule has 2 aromatic heterocycles. The van der Waals surface area contributed by atoms with E-state index in [4.69, 9.17) is 17.0 Å². The third-order valence-electron chi connectivity index (χ3n) is 6.07. The maximum Gasteiger partial charge on any atom is 0.273 e. The average Bonchev–Trinajstić information content (AvgIpc) is 3.29. The fourth-order valence-electron chi connectivity index (χ4n) is 4.65. The summed E-state index contributed by atoms with van der Waals surface area (Å²) in [4.78, 5) is 17.6. The lowest BCUT2D eigenvalue weighted by molar-refractivity contribution is -0.384. The number of aryl methyl sites for hydroxylation is 1. The first kappa shape index (κ1) is 22.7. The highest BCUT2D eigenvalue weighted by Crippen LogP contribution is 2.42. The number of benzene rings is 1. The number of non-ortho nitro benzene ring substituents is 1. The molecule has 172 valence electrons. The zero-order valence-corrected chi connectivity index (χ0v) is 19.9. The highest BCUT2D eigenvalue weighted by atomic mass is 32.1. The van der Waals surface area contributed by atoms with E-state index in [0.29, 0.717) is 5.75 Å². The largest absolute Gasteiger partial charge is 0.494 e. The van der Waals surface area contributed by atoms with Gasteiger partial charge in [-0.25, -0.2) is 0 Å². The van der Waals surface area contributed by atoms with E-state index in [1.807, 2.05) is 25.1 Å². The summed E-state index contributed by atoms with van der Waals surface area (Å²) in [5, 5.41) is 15.4. The molecule has 1 aliphatic heterocycles. The molecule has 0 amide bonds. The molecule has 2 unspecified atom stereocenters. The maximum absolute atomic E-state index is 11.2. The predicted octanol–water partition coefficient (Wildman–Crippen LogP) is 4.79. The van der Waals surface area contributed by atoms with Crippen molar-refractivity contribution in [2.45, 2.75) is 39.3 Å². The van der Waals surface area contributed by atoms with E-state index < -0.39 is 4.92 Å². The Morgan fingerprint density at radius 3 is 2.67 bits per heavy atom. The monoisotopic (exact) mass is 465 g/mol. The van der Waals surface area contributed by atoms with Gasteiger partial charge in [-0.15, -0.1) is 0 Å². The second-order valence-corrected chi connectivity index (χ2v) is 8.48. The highest BCUT2D eigenvalue weighted by Gasteiger charge is 2.41. The summed E-state index contributed by atoms with van der Waals surface area (Å²) < 4.78 is 7.61. The second kappa shape index (κ2) is 9.19. The number of hydrogen-bond acceptors (Lipinski definition) is 5. The zero-order chi connectivity index (χ0) is 23.7. The Morgan fingerprint density at radius 1 is 1.24 bits per heavy atom. The van der Waals surface area contributed by atoms with Crippen molar-refractivity contribution < 1.29 is 9.66 Å². The van der Waals surface area contributed by atoms with Gasteiger partial charge < -0.3 is 19.5 Å². The summed E-state index contributed by atoms with van der Waals surface area (Å²) in [7, 11) is 1.52. The molecule has 0 spiro atoms. The number of rotatable bonds is 7. The van der Waals surface area contributed by atoms with E-state index in [1.165, 1.54) is 19.2 Å². The van der Waals surface area contributed by atoms with Gasteiger partial charge in [0, 0.05) is 30.2 Å². The highest BCUT2D eigenvalue weighted by molar-refractivity contribution is 7.80.